The van der Waals surface area contributed by atoms with Crippen LogP contribution in [0.3, 0.4) is 0 Å². The van der Waals surface area contributed by atoms with E-state index in [1.54, 1.807) is 0 Å². The summed E-state index contributed by atoms with van der Waals surface area (Å²) in [5.74, 6) is 2.47. The van der Waals surface area contributed by atoms with E-state index in [1.807, 2.05) is 0 Å². The number of rotatable bonds is 2. The summed E-state index contributed by atoms with van der Waals surface area (Å²) in [4.78, 5) is 0. The number of hydroxylamine groups is 2. The van der Waals surface area contributed by atoms with Crippen LogP contribution in [-0.2, 0) is 0 Å². The lowest BCUT2D eigenvalue weighted by Crippen LogP contribution is -2.50. The van der Waals surface area contributed by atoms with Crippen molar-refractivity contribution in [1.29, 1.82) is 0 Å². The van der Waals surface area contributed by atoms with Gasteiger partial charge in [-0.3, -0.25) is 0 Å². The highest BCUT2D eigenvalue weighted by atomic mass is 16.5. The van der Waals surface area contributed by atoms with E-state index >= 15 is 0 Å². The monoisotopic (exact) mass is 265 g/mol. The standard InChI is InChI=1S/C16H29N2O/c1-12-9-13(11-14-5-2-3-8-18(14)19)15-6-4-7-17-16(15)10-12/h12-17H,2-11H2,1H3/q-1/t12-,13-,14?,15-,16-/m0/s1. The van der Waals surface area contributed by atoms with Gasteiger partial charge in [0.05, 0.1) is 0 Å². The lowest BCUT2D eigenvalue weighted by molar-refractivity contribution is 0.0708. The Labute approximate surface area is 117 Å². The quantitative estimate of drug-likeness (QED) is 0.833. The number of hydrogen-bond donors (Lipinski definition) is 1. The van der Waals surface area contributed by atoms with Crippen LogP contribution in [0.4, 0.5) is 0 Å². The Morgan fingerprint density at radius 2 is 2.05 bits per heavy atom. The van der Waals surface area contributed by atoms with Crippen molar-refractivity contribution in [2.24, 2.45) is 17.8 Å². The van der Waals surface area contributed by atoms with Gasteiger partial charge in [-0.25, -0.2) is 0 Å². The number of fused-ring (bicyclic) bond motifs is 1. The molecule has 0 bridgehead atoms. The highest BCUT2D eigenvalue weighted by Crippen LogP contribution is 2.41. The van der Waals surface area contributed by atoms with E-state index in [0.29, 0.717) is 6.04 Å². The van der Waals surface area contributed by atoms with Gasteiger partial charge in [-0.1, -0.05) is 13.3 Å². The van der Waals surface area contributed by atoms with E-state index in [-0.39, 0.29) is 0 Å². The van der Waals surface area contributed by atoms with E-state index in [4.69, 9.17) is 0 Å². The Kier molecular flexibility index (Phi) is 4.45. The molecule has 0 amide bonds. The third-order valence-corrected chi connectivity index (χ3v) is 5.75. The first-order valence-electron chi connectivity index (χ1n) is 8.41. The van der Waals surface area contributed by atoms with Crippen molar-refractivity contribution in [1.82, 2.24) is 10.4 Å². The van der Waals surface area contributed by atoms with Crippen molar-refractivity contribution in [3.8, 4) is 0 Å². The van der Waals surface area contributed by atoms with Gasteiger partial charge in [-0.05, 0) is 81.8 Å². The summed E-state index contributed by atoms with van der Waals surface area (Å²) in [6.45, 7) is 4.38. The van der Waals surface area contributed by atoms with Crippen LogP contribution in [0.1, 0.15) is 58.3 Å². The van der Waals surface area contributed by atoms with E-state index in [2.05, 4.69) is 12.2 Å². The van der Waals surface area contributed by atoms with Gasteiger partial charge < -0.3 is 15.6 Å². The molecule has 0 radical (unpaired) electrons. The Morgan fingerprint density at radius 1 is 1.16 bits per heavy atom. The molecule has 3 aliphatic rings. The van der Waals surface area contributed by atoms with Gasteiger partial charge in [0.15, 0.2) is 0 Å². The summed E-state index contributed by atoms with van der Waals surface area (Å²) in [5, 5.41) is 17.1. The molecule has 3 nitrogen and oxygen atoms in total. The second-order valence-corrected chi connectivity index (χ2v) is 7.23. The molecule has 19 heavy (non-hydrogen) atoms. The van der Waals surface area contributed by atoms with Gasteiger partial charge >= 0.3 is 0 Å². The van der Waals surface area contributed by atoms with E-state index in [1.165, 1.54) is 43.7 Å². The molecule has 0 aromatic rings. The van der Waals surface area contributed by atoms with Gasteiger partial charge in [0, 0.05) is 6.04 Å². The first-order chi connectivity index (χ1) is 9.24. The number of hydrogen-bond acceptors (Lipinski definition) is 3. The van der Waals surface area contributed by atoms with Crippen molar-refractivity contribution >= 4 is 0 Å². The largest absolute Gasteiger partial charge is 0.785 e. The van der Waals surface area contributed by atoms with Crippen LogP contribution in [0.15, 0.2) is 0 Å². The van der Waals surface area contributed by atoms with Crippen molar-refractivity contribution in [3.63, 3.8) is 0 Å². The lowest BCUT2D eigenvalue weighted by Gasteiger charge is -2.48. The van der Waals surface area contributed by atoms with Gasteiger partial charge in [-0.15, -0.1) is 0 Å². The number of piperidine rings is 2. The molecule has 2 heterocycles. The fourth-order valence-electron chi connectivity index (χ4n) is 4.85. The molecule has 0 aromatic heterocycles. The molecule has 0 aromatic carbocycles. The molecule has 0 spiro atoms. The average Bonchev–Trinajstić information content (AvgIpc) is 2.41. The SMILES string of the molecule is C[C@H]1C[C@@H](CC2CCCCN2[O-])[C@@H]2CCCN[C@H]2C1. The van der Waals surface area contributed by atoms with Crippen molar-refractivity contribution in [3.05, 3.63) is 5.21 Å². The molecule has 110 valence electrons. The molecular weight excluding hydrogens is 236 g/mol. The Morgan fingerprint density at radius 3 is 2.89 bits per heavy atom. The molecule has 1 saturated carbocycles. The summed E-state index contributed by atoms with van der Waals surface area (Å²) in [5.41, 5.74) is 0. The highest BCUT2D eigenvalue weighted by Gasteiger charge is 2.38. The van der Waals surface area contributed by atoms with Crippen molar-refractivity contribution in [2.75, 3.05) is 13.1 Å². The molecule has 2 saturated heterocycles. The van der Waals surface area contributed by atoms with Gasteiger partial charge in [0.2, 0.25) is 0 Å². The maximum atomic E-state index is 12.0. The highest BCUT2D eigenvalue weighted by molar-refractivity contribution is 4.94. The van der Waals surface area contributed by atoms with Crippen LogP contribution in [0.2, 0.25) is 0 Å². The van der Waals surface area contributed by atoms with Gasteiger partial charge in [0.25, 0.3) is 0 Å². The van der Waals surface area contributed by atoms with Crippen LogP contribution in [0.5, 0.6) is 0 Å². The minimum atomic E-state index is 0.326. The Bertz CT molecular complexity index is 296. The summed E-state index contributed by atoms with van der Waals surface area (Å²) >= 11 is 0. The van der Waals surface area contributed by atoms with Crippen LogP contribution in [0.25, 0.3) is 0 Å². The van der Waals surface area contributed by atoms with Crippen molar-refractivity contribution in [2.45, 2.75) is 70.4 Å². The van der Waals surface area contributed by atoms with E-state index < -0.39 is 0 Å². The molecule has 1 aliphatic carbocycles. The molecule has 1 N–H and O–H groups in total. The molecule has 1 unspecified atom stereocenters. The van der Waals surface area contributed by atoms with Gasteiger partial charge in [0.1, 0.15) is 0 Å². The lowest BCUT2D eigenvalue weighted by atomic mass is 9.66. The second-order valence-electron chi connectivity index (χ2n) is 7.23. The molecule has 3 rings (SSSR count). The van der Waals surface area contributed by atoms with Crippen LogP contribution >= 0.6 is 0 Å². The second kappa shape index (κ2) is 6.11. The summed E-state index contributed by atoms with van der Waals surface area (Å²) in [6.07, 6.45) is 10.1. The molecule has 5 atom stereocenters. The zero-order valence-corrected chi connectivity index (χ0v) is 12.3. The van der Waals surface area contributed by atoms with Crippen molar-refractivity contribution < 1.29 is 0 Å². The van der Waals surface area contributed by atoms with Crippen LogP contribution in [0, 0.1) is 23.0 Å². The zero-order valence-electron chi connectivity index (χ0n) is 12.3. The normalized spacial score (nSPS) is 44.8. The Balaban J connectivity index is 1.63. The summed E-state index contributed by atoms with van der Waals surface area (Å²) in [7, 11) is 0. The minimum absolute atomic E-state index is 0.326. The van der Waals surface area contributed by atoms with Crippen LogP contribution < -0.4 is 5.32 Å². The first kappa shape index (κ1) is 13.8. The minimum Gasteiger partial charge on any atom is -0.785 e. The molecule has 2 aliphatic heterocycles. The third-order valence-electron chi connectivity index (χ3n) is 5.75. The molecular formula is C16H29N2O-. The van der Waals surface area contributed by atoms with Crippen LogP contribution in [-0.4, -0.2) is 30.2 Å². The Hall–Kier alpha value is -0.120. The maximum Gasteiger partial charge on any atom is 0.0100 e. The maximum absolute atomic E-state index is 12.0. The predicted octanol–water partition coefficient (Wildman–Crippen LogP) is 3.14. The fraction of sp³-hybridized carbons (Fsp3) is 1.00. The smallest absolute Gasteiger partial charge is 0.0100 e. The number of nitrogens with one attached hydrogen (secondary N) is 1. The van der Waals surface area contributed by atoms with E-state index in [0.717, 1.165) is 49.6 Å². The fourth-order valence-corrected chi connectivity index (χ4v) is 4.85. The molecule has 3 fully saturated rings. The van der Waals surface area contributed by atoms with E-state index in [9.17, 15) is 5.21 Å². The first-order valence-corrected chi connectivity index (χ1v) is 8.41. The topological polar surface area (TPSA) is 38.3 Å². The number of nitrogens with zero attached hydrogens (tertiary/aromatic N) is 1. The third kappa shape index (κ3) is 3.14. The van der Waals surface area contributed by atoms with Gasteiger partial charge in [-0.2, -0.15) is 0 Å². The molecule has 3 heteroatoms. The zero-order chi connectivity index (χ0) is 13.2. The summed E-state index contributed by atoms with van der Waals surface area (Å²) in [6, 6.07) is 1.07. The summed E-state index contributed by atoms with van der Waals surface area (Å²) < 4.78 is 0. The average molecular weight is 265 g/mol. The predicted molar refractivity (Wildman–Crippen MR) is 78.7 cm³/mol.